The molecule has 2 aromatic heterocycles. The van der Waals surface area contributed by atoms with E-state index in [-0.39, 0.29) is 12.1 Å². The van der Waals surface area contributed by atoms with Crippen LogP contribution in [0.3, 0.4) is 0 Å². The Labute approximate surface area is 213 Å². The van der Waals surface area contributed by atoms with Gasteiger partial charge in [0.1, 0.15) is 0 Å². The lowest BCUT2D eigenvalue weighted by Crippen LogP contribution is -2.29. The van der Waals surface area contributed by atoms with Crippen LogP contribution in [0.4, 0.5) is 5.69 Å². The standard InChI is InChI=1S/C30H32N4S/c1-18-13-14-24(16-21(18)4)34-29(27(32-30(34)35)26-12-7-8-15-31-26)25-17-22(5)33(23(25)6)28-19(2)10-9-11-20(28)3/h7-17,27,29H,1-6H3,(H,32,35)/t27-,29+/m0/s1. The molecule has 5 rings (SSSR count). The van der Waals surface area contributed by atoms with Gasteiger partial charge in [-0.05, 0) is 112 Å². The van der Waals surface area contributed by atoms with Crippen molar-refractivity contribution in [2.75, 3.05) is 4.90 Å². The highest BCUT2D eigenvalue weighted by molar-refractivity contribution is 7.80. The molecule has 178 valence electrons. The topological polar surface area (TPSA) is 33.1 Å². The molecule has 0 saturated carbocycles. The lowest BCUT2D eigenvalue weighted by Gasteiger charge is -2.29. The van der Waals surface area contributed by atoms with E-state index in [0.29, 0.717) is 0 Å². The van der Waals surface area contributed by atoms with Gasteiger partial charge in [-0.15, -0.1) is 0 Å². The van der Waals surface area contributed by atoms with Gasteiger partial charge in [-0.25, -0.2) is 0 Å². The maximum atomic E-state index is 5.95. The van der Waals surface area contributed by atoms with Crippen molar-refractivity contribution in [3.63, 3.8) is 0 Å². The molecule has 2 aromatic carbocycles. The first-order valence-corrected chi connectivity index (χ1v) is 12.5. The van der Waals surface area contributed by atoms with Crippen molar-refractivity contribution < 1.29 is 0 Å². The van der Waals surface area contributed by atoms with Gasteiger partial charge in [-0.3, -0.25) is 4.98 Å². The van der Waals surface area contributed by atoms with Gasteiger partial charge >= 0.3 is 0 Å². The van der Waals surface area contributed by atoms with Crippen molar-refractivity contribution in [2.45, 2.75) is 53.6 Å². The van der Waals surface area contributed by atoms with Crippen LogP contribution >= 0.6 is 12.2 Å². The fourth-order valence-electron chi connectivity index (χ4n) is 5.41. The number of nitrogens with one attached hydrogen (secondary N) is 1. The highest BCUT2D eigenvalue weighted by atomic mass is 32.1. The third-order valence-corrected chi connectivity index (χ3v) is 7.63. The van der Waals surface area contributed by atoms with Gasteiger partial charge in [0.15, 0.2) is 5.11 Å². The molecule has 1 saturated heterocycles. The molecule has 5 heteroatoms. The number of hydrogen-bond acceptors (Lipinski definition) is 2. The number of hydrogen-bond donors (Lipinski definition) is 1. The number of benzene rings is 2. The van der Waals surface area contributed by atoms with Crippen LogP contribution in [0, 0.1) is 41.5 Å². The molecule has 4 aromatic rings. The smallest absolute Gasteiger partial charge is 0.174 e. The summed E-state index contributed by atoms with van der Waals surface area (Å²) in [5.41, 5.74) is 12.1. The van der Waals surface area contributed by atoms with E-state index in [1.54, 1.807) is 0 Å². The Morgan fingerprint density at radius 3 is 2.20 bits per heavy atom. The Morgan fingerprint density at radius 2 is 1.54 bits per heavy atom. The summed E-state index contributed by atoms with van der Waals surface area (Å²) in [6, 6.07) is 21.4. The Hall–Kier alpha value is -3.44. The molecule has 1 aliphatic heterocycles. The van der Waals surface area contributed by atoms with Gasteiger partial charge in [0, 0.05) is 23.3 Å². The van der Waals surface area contributed by atoms with E-state index >= 15 is 0 Å². The van der Waals surface area contributed by atoms with Crippen molar-refractivity contribution in [3.8, 4) is 5.69 Å². The van der Waals surface area contributed by atoms with E-state index in [9.17, 15) is 0 Å². The summed E-state index contributed by atoms with van der Waals surface area (Å²) < 4.78 is 2.40. The van der Waals surface area contributed by atoms with E-state index in [1.807, 2.05) is 18.3 Å². The van der Waals surface area contributed by atoms with Gasteiger partial charge in [0.2, 0.25) is 0 Å². The SMILES string of the molecule is Cc1ccc(N2C(=S)N[C@@H](c3ccccn3)[C@H]2c2cc(C)n(-c3c(C)cccc3C)c2C)cc1C. The fourth-order valence-corrected chi connectivity index (χ4v) is 5.76. The summed E-state index contributed by atoms with van der Waals surface area (Å²) >= 11 is 5.95. The molecule has 0 bridgehead atoms. The third kappa shape index (κ3) is 3.94. The summed E-state index contributed by atoms with van der Waals surface area (Å²) in [6.07, 6.45) is 1.86. The second kappa shape index (κ2) is 8.97. The van der Waals surface area contributed by atoms with Crippen molar-refractivity contribution >= 4 is 23.0 Å². The van der Waals surface area contributed by atoms with Crippen LogP contribution in [0.25, 0.3) is 5.69 Å². The summed E-state index contributed by atoms with van der Waals surface area (Å²) in [4.78, 5) is 7.00. The molecule has 1 aliphatic rings. The highest BCUT2D eigenvalue weighted by Crippen LogP contribution is 2.44. The zero-order valence-electron chi connectivity index (χ0n) is 21.3. The van der Waals surface area contributed by atoms with E-state index in [4.69, 9.17) is 17.2 Å². The van der Waals surface area contributed by atoms with E-state index in [0.717, 1.165) is 16.5 Å². The van der Waals surface area contributed by atoms with Gasteiger partial charge < -0.3 is 14.8 Å². The van der Waals surface area contributed by atoms with Gasteiger partial charge in [0.25, 0.3) is 0 Å². The van der Waals surface area contributed by atoms with Gasteiger partial charge in [-0.1, -0.05) is 30.3 Å². The van der Waals surface area contributed by atoms with Gasteiger partial charge in [0.05, 0.1) is 23.5 Å². The lowest BCUT2D eigenvalue weighted by molar-refractivity contribution is 0.565. The molecule has 0 radical (unpaired) electrons. The maximum Gasteiger partial charge on any atom is 0.174 e. The predicted molar refractivity (Wildman–Crippen MR) is 149 cm³/mol. The number of pyridine rings is 1. The summed E-state index contributed by atoms with van der Waals surface area (Å²) in [7, 11) is 0. The summed E-state index contributed by atoms with van der Waals surface area (Å²) in [6.45, 7) is 13.1. The molecule has 35 heavy (non-hydrogen) atoms. The maximum absolute atomic E-state index is 5.95. The molecular weight excluding hydrogens is 448 g/mol. The number of thiocarbonyl (C=S) groups is 1. The Morgan fingerprint density at radius 1 is 0.800 bits per heavy atom. The molecule has 4 nitrogen and oxygen atoms in total. The Balaban J connectivity index is 1.72. The molecule has 0 aliphatic carbocycles. The van der Waals surface area contributed by atoms with Crippen LogP contribution in [0.15, 0.2) is 66.9 Å². The first-order chi connectivity index (χ1) is 16.8. The molecular formula is C30H32N4S. The van der Waals surface area contributed by atoms with Crippen LogP contribution in [0.2, 0.25) is 0 Å². The quantitative estimate of drug-likeness (QED) is 0.322. The van der Waals surface area contributed by atoms with Crippen LogP contribution < -0.4 is 10.2 Å². The molecule has 0 spiro atoms. The minimum Gasteiger partial charge on any atom is -0.351 e. The molecule has 1 N–H and O–H groups in total. The zero-order chi connectivity index (χ0) is 24.9. The fraction of sp³-hybridized carbons (Fsp3) is 0.267. The zero-order valence-corrected chi connectivity index (χ0v) is 22.1. The lowest BCUT2D eigenvalue weighted by atomic mass is 9.96. The predicted octanol–water partition coefficient (Wildman–Crippen LogP) is 6.90. The number of aryl methyl sites for hydroxylation is 5. The Bertz CT molecular complexity index is 1400. The van der Waals surface area contributed by atoms with Crippen molar-refractivity contribution in [1.82, 2.24) is 14.9 Å². The van der Waals surface area contributed by atoms with Crippen LogP contribution in [-0.2, 0) is 0 Å². The number of nitrogens with zero attached hydrogens (tertiary/aromatic N) is 3. The molecule has 0 unspecified atom stereocenters. The second-order valence-electron chi connectivity index (χ2n) is 9.67. The largest absolute Gasteiger partial charge is 0.351 e. The summed E-state index contributed by atoms with van der Waals surface area (Å²) in [5.74, 6) is 0. The average Bonchev–Trinajstić information content (AvgIpc) is 3.32. The van der Waals surface area contributed by atoms with E-state index in [2.05, 4.69) is 105 Å². The van der Waals surface area contributed by atoms with Gasteiger partial charge in [-0.2, -0.15) is 0 Å². The molecule has 0 amide bonds. The van der Waals surface area contributed by atoms with Crippen LogP contribution in [-0.4, -0.2) is 14.7 Å². The third-order valence-electron chi connectivity index (χ3n) is 7.32. The summed E-state index contributed by atoms with van der Waals surface area (Å²) in [5, 5.41) is 4.33. The number of anilines is 1. The number of para-hydroxylation sites is 1. The van der Waals surface area contributed by atoms with E-state index in [1.165, 1.54) is 44.9 Å². The van der Waals surface area contributed by atoms with Crippen LogP contribution in [0.1, 0.15) is 57.0 Å². The van der Waals surface area contributed by atoms with E-state index < -0.39 is 0 Å². The minimum absolute atomic E-state index is 0.0243. The van der Waals surface area contributed by atoms with Crippen molar-refractivity contribution in [2.24, 2.45) is 0 Å². The molecule has 2 atom stereocenters. The number of rotatable bonds is 4. The number of aromatic nitrogens is 2. The average molecular weight is 481 g/mol. The normalized spacial score (nSPS) is 17.7. The monoisotopic (exact) mass is 480 g/mol. The van der Waals surface area contributed by atoms with Crippen molar-refractivity contribution in [1.29, 1.82) is 0 Å². The van der Waals surface area contributed by atoms with Crippen molar-refractivity contribution in [3.05, 3.63) is 112 Å². The second-order valence-corrected chi connectivity index (χ2v) is 10.1. The Kier molecular flexibility index (Phi) is 5.97. The molecule has 3 heterocycles. The van der Waals surface area contributed by atoms with Crippen LogP contribution in [0.5, 0.6) is 0 Å². The first kappa shape index (κ1) is 23.3. The highest BCUT2D eigenvalue weighted by Gasteiger charge is 2.42. The molecule has 1 fully saturated rings. The minimum atomic E-state index is -0.0581. The first-order valence-electron chi connectivity index (χ1n) is 12.1.